The summed E-state index contributed by atoms with van der Waals surface area (Å²) in [5, 5.41) is 0. The molecule has 2 aliphatic heterocycles. The first-order valence-corrected chi connectivity index (χ1v) is 9.02. The Morgan fingerprint density at radius 3 is 2.44 bits per heavy atom. The average Bonchev–Trinajstić information content (AvgIpc) is 2.60. The summed E-state index contributed by atoms with van der Waals surface area (Å²) in [6.45, 7) is 2.48. The Morgan fingerprint density at radius 1 is 1.12 bits per heavy atom. The van der Waals surface area contributed by atoms with Gasteiger partial charge in [0.2, 0.25) is 0 Å². The summed E-state index contributed by atoms with van der Waals surface area (Å²) in [4.78, 5) is 26.2. The third-order valence-electron chi connectivity index (χ3n) is 4.88. The van der Waals surface area contributed by atoms with Gasteiger partial charge in [0.25, 0.3) is 0 Å². The van der Waals surface area contributed by atoms with Gasteiger partial charge in [0.15, 0.2) is 0 Å². The predicted octanol–water partition coefficient (Wildman–Crippen LogP) is 3.83. The third-order valence-corrected chi connectivity index (χ3v) is 4.88. The number of nitrogens with zero attached hydrogens (tertiary/aromatic N) is 1. The fourth-order valence-electron chi connectivity index (χ4n) is 3.82. The van der Waals surface area contributed by atoms with Gasteiger partial charge >= 0.3 is 12.1 Å². The molecule has 0 spiro atoms. The normalized spacial score (nSPS) is 22.3. The predicted molar refractivity (Wildman–Crippen MR) is 93.8 cm³/mol. The van der Waals surface area contributed by atoms with Crippen molar-refractivity contribution in [2.75, 3.05) is 6.61 Å². The van der Waals surface area contributed by atoms with E-state index in [1.54, 1.807) is 13.0 Å². The molecule has 1 amide bonds. The topological polar surface area (TPSA) is 55.8 Å². The van der Waals surface area contributed by atoms with Crippen LogP contribution in [0.5, 0.6) is 0 Å². The van der Waals surface area contributed by atoms with E-state index in [9.17, 15) is 9.59 Å². The number of hydrogen-bond donors (Lipinski definition) is 0. The summed E-state index contributed by atoms with van der Waals surface area (Å²) < 4.78 is 10.5. The molecule has 134 valence electrons. The maximum Gasteiger partial charge on any atom is 0.410 e. The van der Waals surface area contributed by atoms with Crippen molar-refractivity contribution in [1.82, 2.24) is 4.90 Å². The molecule has 0 aromatic heterocycles. The van der Waals surface area contributed by atoms with Crippen LogP contribution in [0.3, 0.4) is 0 Å². The standard InChI is InChI=1S/C20H25NO4/c1-2-24-19(22)13-16-11-17-9-6-10-18(12-16)21(17)20(23)25-14-15-7-4-3-5-8-15/h3-5,7-8,13,17-18H,2,6,9-12,14H2,1H3. The van der Waals surface area contributed by atoms with Gasteiger partial charge in [-0.25, -0.2) is 9.59 Å². The van der Waals surface area contributed by atoms with Gasteiger partial charge < -0.3 is 14.4 Å². The fraction of sp³-hybridized carbons (Fsp3) is 0.500. The maximum absolute atomic E-state index is 12.6. The molecule has 0 saturated carbocycles. The molecular weight excluding hydrogens is 318 g/mol. The van der Waals surface area contributed by atoms with Crippen LogP contribution in [0, 0.1) is 0 Å². The SMILES string of the molecule is CCOC(=O)C=C1CC2CCCC(C1)N2C(=O)OCc1ccccc1. The van der Waals surface area contributed by atoms with Gasteiger partial charge in [0.05, 0.1) is 6.61 Å². The van der Waals surface area contributed by atoms with Crippen LogP contribution in [0.25, 0.3) is 0 Å². The number of hydrogen-bond acceptors (Lipinski definition) is 4. The number of esters is 1. The van der Waals surface area contributed by atoms with Crippen LogP contribution in [0.2, 0.25) is 0 Å². The Bertz CT molecular complexity index is 624. The number of benzene rings is 1. The first kappa shape index (κ1) is 17.5. The average molecular weight is 343 g/mol. The van der Waals surface area contributed by atoms with Crippen LogP contribution < -0.4 is 0 Å². The van der Waals surface area contributed by atoms with Crippen molar-refractivity contribution in [3.05, 3.63) is 47.5 Å². The summed E-state index contributed by atoms with van der Waals surface area (Å²) in [7, 11) is 0. The van der Waals surface area contributed by atoms with Gasteiger partial charge in [-0.15, -0.1) is 0 Å². The summed E-state index contributed by atoms with van der Waals surface area (Å²) in [5.41, 5.74) is 2.07. The molecule has 5 heteroatoms. The number of rotatable bonds is 4. The maximum atomic E-state index is 12.6. The van der Waals surface area contributed by atoms with Gasteiger partial charge in [-0.05, 0) is 44.6 Å². The molecule has 0 radical (unpaired) electrons. The van der Waals surface area contributed by atoms with Crippen LogP contribution in [0.4, 0.5) is 4.79 Å². The van der Waals surface area contributed by atoms with E-state index in [0.717, 1.165) is 43.2 Å². The van der Waals surface area contributed by atoms with Gasteiger partial charge in [0.1, 0.15) is 6.61 Å². The van der Waals surface area contributed by atoms with E-state index in [4.69, 9.17) is 9.47 Å². The molecule has 25 heavy (non-hydrogen) atoms. The molecule has 2 fully saturated rings. The molecule has 2 atom stereocenters. The zero-order valence-corrected chi connectivity index (χ0v) is 14.6. The molecular formula is C20H25NO4. The Balaban J connectivity index is 1.63. The lowest BCUT2D eigenvalue weighted by Crippen LogP contribution is -2.53. The number of carbonyl (C=O) groups excluding carboxylic acids is 2. The van der Waals surface area contributed by atoms with E-state index in [1.807, 2.05) is 35.2 Å². The number of carbonyl (C=O) groups is 2. The van der Waals surface area contributed by atoms with Crippen molar-refractivity contribution < 1.29 is 19.1 Å². The zero-order valence-electron chi connectivity index (χ0n) is 14.6. The van der Waals surface area contributed by atoms with Crippen molar-refractivity contribution in [2.24, 2.45) is 0 Å². The second kappa shape index (κ2) is 8.19. The van der Waals surface area contributed by atoms with Crippen LogP contribution in [0.1, 0.15) is 44.6 Å². The molecule has 2 aliphatic rings. The van der Waals surface area contributed by atoms with Crippen molar-refractivity contribution in [3.8, 4) is 0 Å². The van der Waals surface area contributed by atoms with Crippen molar-refractivity contribution in [1.29, 1.82) is 0 Å². The number of amides is 1. The highest BCUT2D eigenvalue weighted by Crippen LogP contribution is 2.37. The molecule has 2 saturated heterocycles. The van der Waals surface area contributed by atoms with Crippen LogP contribution in [0.15, 0.2) is 42.0 Å². The molecule has 3 rings (SSSR count). The second-order valence-electron chi connectivity index (χ2n) is 6.65. The first-order chi connectivity index (χ1) is 12.2. The zero-order chi connectivity index (χ0) is 17.6. The van der Waals surface area contributed by atoms with E-state index in [-0.39, 0.29) is 24.1 Å². The molecule has 2 heterocycles. The van der Waals surface area contributed by atoms with Crippen molar-refractivity contribution >= 4 is 12.1 Å². The summed E-state index contributed by atoms with van der Waals surface area (Å²) in [5.74, 6) is -0.282. The molecule has 1 aromatic carbocycles. The van der Waals surface area contributed by atoms with Gasteiger partial charge in [-0.1, -0.05) is 35.9 Å². The van der Waals surface area contributed by atoms with Crippen LogP contribution >= 0.6 is 0 Å². The van der Waals surface area contributed by atoms with E-state index in [2.05, 4.69) is 0 Å². The lowest BCUT2D eigenvalue weighted by Gasteiger charge is -2.46. The fourth-order valence-corrected chi connectivity index (χ4v) is 3.82. The second-order valence-corrected chi connectivity index (χ2v) is 6.65. The third kappa shape index (κ3) is 4.41. The Labute approximate surface area is 148 Å². The molecule has 2 unspecified atom stereocenters. The summed E-state index contributed by atoms with van der Waals surface area (Å²) in [6.07, 6.45) is 5.86. The Morgan fingerprint density at radius 2 is 1.80 bits per heavy atom. The lowest BCUT2D eigenvalue weighted by molar-refractivity contribution is -0.137. The Kier molecular flexibility index (Phi) is 5.74. The minimum Gasteiger partial charge on any atom is -0.463 e. The smallest absolute Gasteiger partial charge is 0.410 e. The number of piperidine rings is 2. The van der Waals surface area contributed by atoms with Crippen LogP contribution in [-0.2, 0) is 20.9 Å². The van der Waals surface area contributed by atoms with Crippen molar-refractivity contribution in [2.45, 2.75) is 57.7 Å². The molecule has 1 aromatic rings. The highest BCUT2D eigenvalue weighted by Gasteiger charge is 2.39. The van der Waals surface area contributed by atoms with Gasteiger partial charge in [-0.2, -0.15) is 0 Å². The quantitative estimate of drug-likeness (QED) is 0.616. The van der Waals surface area contributed by atoms with Crippen LogP contribution in [-0.4, -0.2) is 35.7 Å². The number of fused-ring (bicyclic) bond motifs is 2. The van der Waals surface area contributed by atoms with E-state index in [1.165, 1.54) is 0 Å². The van der Waals surface area contributed by atoms with Crippen molar-refractivity contribution in [3.63, 3.8) is 0 Å². The molecule has 2 bridgehead atoms. The minimum absolute atomic E-state index is 0.122. The first-order valence-electron chi connectivity index (χ1n) is 9.02. The van der Waals surface area contributed by atoms with Gasteiger partial charge in [-0.3, -0.25) is 0 Å². The van der Waals surface area contributed by atoms with E-state index >= 15 is 0 Å². The molecule has 5 nitrogen and oxygen atoms in total. The largest absolute Gasteiger partial charge is 0.463 e. The Hall–Kier alpha value is -2.30. The highest BCUT2D eigenvalue weighted by molar-refractivity contribution is 5.83. The molecule has 0 aliphatic carbocycles. The minimum atomic E-state index is -0.282. The lowest BCUT2D eigenvalue weighted by atomic mass is 9.82. The monoisotopic (exact) mass is 343 g/mol. The summed E-state index contributed by atoms with van der Waals surface area (Å²) >= 11 is 0. The van der Waals surface area contributed by atoms with E-state index in [0.29, 0.717) is 13.2 Å². The molecule has 0 N–H and O–H groups in total. The number of ether oxygens (including phenoxy) is 2. The highest BCUT2D eigenvalue weighted by atomic mass is 16.6. The summed E-state index contributed by atoms with van der Waals surface area (Å²) in [6, 6.07) is 9.95. The van der Waals surface area contributed by atoms with E-state index < -0.39 is 0 Å². The van der Waals surface area contributed by atoms with Gasteiger partial charge in [0, 0.05) is 18.2 Å².